The lowest BCUT2D eigenvalue weighted by Crippen LogP contribution is -1.96. The molecule has 266 valence electrons. The molecule has 0 fully saturated rings. The second-order valence-electron chi connectivity index (χ2n) is 14.3. The Kier molecular flexibility index (Phi) is 7.78. The monoisotopic (exact) mass is 727 g/mol. The number of hydrogen-bond acceptors (Lipinski definition) is 4. The summed E-state index contributed by atoms with van der Waals surface area (Å²) in [6.45, 7) is 0. The van der Waals surface area contributed by atoms with E-state index in [1.807, 2.05) is 42.5 Å². The Morgan fingerprint density at radius 1 is 0.316 bits per heavy atom. The van der Waals surface area contributed by atoms with Gasteiger partial charge in [-0.05, 0) is 47.0 Å². The number of para-hydroxylation sites is 2. The summed E-state index contributed by atoms with van der Waals surface area (Å²) in [7, 11) is 0. The molecule has 0 amide bonds. The van der Waals surface area contributed by atoms with E-state index in [-0.39, 0.29) is 0 Å². The van der Waals surface area contributed by atoms with Crippen molar-refractivity contribution in [3.05, 3.63) is 200 Å². The van der Waals surface area contributed by atoms with E-state index in [9.17, 15) is 0 Å². The fraction of sp³-hybridized carbons (Fsp3) is 0. The highest BCUT2D eigenvalue weighted by molar-refractivity contribution is 6.27. The molecule has 4 nitrogen and oxygen atoms in total. The smallest absolute Gasteiger partial charge is 0.160 e. The summed E-state index contributed by atoms with van der Waals surface area (Å²) in [5.41, 5.74) is 13.9. The SMILES string of the molecule is c1ccc(-c2cccc(-c3cc(-c4ccc(-c5c6c(cc7c(-c8ccccc8)nc8ccccc8c57)oc5ccccc56)cc4)nc(-c4ccccc4)n3)c2)cc1. The van der Waals surface area contributed by atoms with E-state index in [1.54, 1.807) is 0 Å². The van der Waals surface area contributed by atoms with Gasteiger partial charge in [0, 0.05) is 54.7 Å². The molecule has 0 bridgehead atoms. The molecule has 0 aliphatic heterocycles. The van der Waals surface area contributed by atoms with Crippen LogP contribution < -0.4 is 0 Å². The topological polar surface area (TPSA) is 51.8 Å². The number of rotatable bonds is 6. The highest BCUT2D eigenvalue weighted by Crippen LogP contribution is 2.46. The van der Waals surface area contributed by atoms with Gasteiger partial charge in [-0.1, -0.05) is 170 Å². The molecular formula is C53H33N3O. The molecule has 0 N–H and O–H groups in total. The summed E-state index contributed by atoms with van der Waals surface area (Å²) in [5.74, 6) is 0.685. The van der Waals surface area contributed by atoms with E-state index in [4.69, 9.17) is 19.4 Å². The van der Waals surface area contributed by atoms with Gasteiger partial charge in [-0.15, -0.1) is 0 Å². The zero-order valence-electron chi connectivity index (χ0n) is 30.8. The highest BCUT2D eigenvalue weighted by Gasteiger charge is 2.22. The second kappa shape index (κ2) is 13.6. The number of furan rings is 1. The normalized spacial score (nSPS) is 11.5. The number of benzene rings is 8. The number of aromatic nitrogens is 3. The van der Waals surface area contributed by atoms with E-state index in [0.717, 1.165) is 99.6 Å². The average molecular weight is 728 g/mol. The first kappa shape index (κ1) is 32.7. The van der Waals surface area contributed by atoms with Crippen molar-refractivity contribution in [2.24, 2.45) is 0 Å². The standard InChI is InChI=1S/C53H33N3O/c1-4-15-34(16-5-1)39-21-14-22-40(31-39)46-33-45(55-53(56-46)38-19-8-3-9-20-38)35-27-29-36(30-28-35)49-50-41-23-10-12-25-44(41)54-52(37-17-6-2-7-18-37)43(50)32-48-51(49)42-24-11-13-26-47(42)57-48/h1-33H. The molecule has 11 aromatic rings. The molecule has 0 radical (unpaired) electrons. The largest absolute Gasteiger partial charge is 0.456 e. The molecule has 0 atom stereocenters. The summed E-state index contributed by atoms with van der Waals surface area (Å²) in [5, 5.41) is 5.48. The molecule has 3 heterocycles. The maximum atomic E-state index is 6.62. The van der Waals surface area contributed by atoms with Gasteiger partial charge in [0.05, 0.1) is 22.6 Å². The molecule has 0 saturated carbocycles. The van der Waals surface area contributed by atoms with Crippen LogP contribution in [0.3, 0.4) is 0 Å². The molecule has 4 heteroatoms. The van der Waals surface area contributed by atoms with Gasteiger partial charge in [0.15, 0.2) is 5.82 Å². The fourth-order valence-electron chi connectivity index (χ4n) is 8.18. The summed E-state index contributed by atoms with van der Waals surface area (Å²) in [6, 6.07) is 69.6. The van der Waals surface area contributed by atoms with Crippen molar-refractivity contribution in [3.8, 4) is 67.4 Å². The first-order valence-electron chi connectivity index (χ1n) is 19.2. The van der Waals surface area contributed by atoms with E-state index < -0.39 is 0 Å². The van der Waals surface area contributed by atoms with Gasteiger partial charge in [-0.25, -0.2) is 15.0 Å². The van der Waals surface area contributed by atoms with Gasteiger partial charge in [0.2, 0.25) is 0 Å². The van der Waals surface area contributed by atoms with Crippen LogP contribution in [0.15, 0.2) is 205 Å². The number of fused-ring (bicyclic) bond motifs is 6. The molecule has 3 aromatic heterocycles. The van der Waals surface area contributed by atoms with Crippen molar-refractivity contribution in [1.29, 1.82) is 0 Å². The van der Waals surface area contributed by atoms with Gasteiger partial charge in [-0.2, -0.15) is 0 Å². The van der Waals surface area contributed by atoms with Crippen molar-refractivity contribution in [1.82, 2.24) is 15.0 Å². The van der Waals surface area contributed by atoms with Crippen molar-refractivity contribution in [2.75, 3.05) is 0 Å². The van der Waals surface area contributed by atoms with Crippen molar-refractivity contribution in [3.63, 3.8) is 0 Å². The Bertz CT molecular complexity index is 3260. The van der Waals surface area contributed by atoms with Crippen LogP contribution in [-0.2, 0) is 0 Å². The lowest BCUT2D eigenvalue weighted by molar-refractivity contribution is 0.669. The Hall–Kier alpha value is -7.69. The lowest BCUT2D eigenvalue weighted by Gasteiger charge is -2.16. The zero-order chi connectivity index (χ0) is 37.7. The van der Waals surface area contributed by atoms with Crippen LogP contribution in [-0.4, -0.2) is 15.0 Å². The van der Waals surface area contributed by atoms with E-state index in [1.165, 1.54) is 5.56 Å². The third kappa shape index (κ3) is 5.74. The van der Waals surface area contributed by atoms with Crippen LogP contribution in [0.4, 0.5) is 0 Å². The minimum absolute atomic E-state index is 0.685. The van der Waals surface area contributed by atoms with E-state index in [2.05, 4.69) is 158 Å². The first-order valence-corrected chi connectivity index (χ1v) is 19.2. The number of nitrogens with zero attached hydrogens (tertiary/aromatic N) is 3. The molecular weight excluding hydrogens is 695 g/mol. The predicted molar refractivity (Wildman–Crippen MR) is 235 cm³/mol. The summed E-state index contributed by atoms with van der Waals surface area (Å²) >= 11 is 0. The lowest BCUT2D eigenvalue weighted by atomic mass is 9.89. The van der Waals surface area contributed by atoms with Gasteiger partial charge in [0.25, 0.3) is 0 Å². The van der Waals surface area contributed by atoms with Crippen molar-refractivity contribution in [2.45, 2.75) is 0 Å². The van der Waals surface area contributed by atoms with Gasteiger partial charge in [0.1, 0.15) is 11.2 Å². The Labute approximate surface area is 329 Å². The first-order chi connectivity index (χ1) is 28.2. The van der Waals surface area contributed by atoms with Crippen LogP contribution in [0, 0.1) is 0 Å². The quantitative estimate of drug-likeness (QED) is 0.160. The van der Waals surface area contributed by atoms with Gasteiger partial charge in [-0.3, -0.25) is 0 Å². The third-order valence-corrected chi connectivity index (χ3v) is 10.9. The van der Waals surface area contributed by atoms with E-state index >= 15 is 0 Å². The summed E-state index contributed by atoms with van der Waals surface area (Å²) in [4.78, 5) is 15.5. The summed E-state index contributed by atoms with van der Waals surface area (Å²) in [6.07, 6.45) is 0. The van der Waals surface area contributed by atoms with Crippen molar-refractivity contribution < 1.29 is 4.42 Å². The molecule has 0 spiro atoms. The van der Waals surface area contributed by atoms with Crippen LogP contribution in [0.2, 0.25) is 0 Å². The molecule has 11 rings (SSSR count). The Morgan fingerprint density at radius 3 is 1.65 bits per heavy atom. The third-order valence-electron chi connectivity index (χ3n) is 10.9. The number of pyridine rings is 1. The van der Waals surface area contributed by atoms with E-state index in [0.29, 0.717) is 5.82 Å². The van der Waals surface area contributed by atoms with Crippen LogP contribution in [0.1, 0.15) is 0 Å². The molecule has 0 unspecified atom stereocenters. The second-order valence-corrected chi connectivity index (χ2v) is 14.3. The molecule has 0 aliphatic rings. The number of hydrogen-bond donors (Lipinski definition) is 0. The maximum Gasteiger partial charge on any atom is 0.160 e. The van der Waals surface area contributed by atoms with Crippen LogP contribution >= 0.6 is 0 Å². The molecule has 57 heavy (non-hydrogen) atoms. The van der Waals surface area contributed by atoms with Crippen LogP contribution in [0.5, 0.6) is 0 Å². The predicted octanol–water partition coefficient (Wildman–Crippen LogP) is 14.1. The molecule has 0 saturated heterocycles. The minimum Gasteiger partial charge on any atom is -0.456 e. The maximum absolute atomic E-state index is 6.62. The van der Waals surface area contributed by atoms with Gasteiger partial charge >= 0.3 is 0 Å². The van der Waals surface area contributed by atoms with Crippen molar-refractivity contribution >= 4 is 43.6 Å². The Morgan fingerprint density at radius 2 is 0.895 bits per heavy atom. The van der Waals surface area contributed by atoms with Gasteiger partial charge < -0.3 is 4.42 Å². The highest BCUT2D eigenvalue weighted by atomic mass is 16.3. The molecule has 8 aromatic carbocycles. The average Bonchev–Trinajstić information content (AvgIpc) is 3.67. The molecule has 0 aliphatic carbocycles. The minimum atomic E-state index is 0.685. The Balaban J connectivity index is 1.13. The fourth-order valence-corrected chi connectivity index (χ4v) is 8.18. The zero-order valence-corrected chi connectivity index (χ0v) is 30.8. The summed E-state index contributed by atoms with van der Waals surface area (Å²) < 4.78 is 6.62. The van der Waals surface area contributed by atoms with Crippen LogP contribution in [0.25, 0.3) is 111 Å².